The summed E-state index contributed by atoms with van der Waals surface area (Å²) in [5.74, 6) is 0.558. The third kappa shape index (κ3) is 3.25. The van der Waals surface area contributed by atoms with Crippen LogP contribution in [0.4, 0.5) is 0 Å². The highest BCUT2D eigenvalue weighted by Crippen LogP contribution is 2.26. The van der Waals surface area contributed by atoms with Crippen molar-refractivity contribution in [1.29, 1.82) is 0 Å². The van der Waals surface area contributed by atoms with E-state index in [4.69, 9.17) is 11.6 Å². The molecule has 0 unspecified atom stereocenters. The molecule has 0 bridgehead atoms. The first kappa shape index (κ1) is 16.1. The smallest absolute Gasteiger partial charge is 0.255 e. The molecule has 0 amide bonds. The van der Waals surface area contributed by atoms with Gasteiger partial charge in [-0.2, -0.15) is 5.10 Å². The van der Waals surface area contributed by atoms with Crippen LogP contribution in [-0.2, 0) is 10.0 Å². The summed E-state index contributed by atoms with van der Waals surface area (Å²) in [6.45, 7) is 0.635. The highest BCUT2D eigenvalue weighted by Gasteiger charge is 2.25. The van der Waals surface area contributed by atoms with Crippen molar-refractivity contribution in [3.63, 3.8) is 0 Å². The molecule has 2 aliphatic rings. The number of nitrogens with zero attached hydrogens (tertiary/aromatic N) is 4. The molecule has 1 aromatic heterocycles. The average Bonchev–Trinajstić information content (AvgIpc) is 2.95. The van der Waals surface area contributed by atoms with E-state index in [1.165, 1.54) is 0 Å². The normalized spacial score (nSPS) is 19.0. The number of rotatable bonds is 2. The molecule has 0 spiro atoms. The lowest BCUT2D eigenvalue weighted by Gasteiger charge is -2.24. The van der Waals surface area contributed by atoms with Crippen molar-refractivity contribution in [1.82, 2.24) is 14.7 Å². The molecule has 6 nitrogen and oxygen atoms in total. The van der Waals surface area contributed by atoms with Crippen molar-refractivity contribution >= 4 is 33.0 Å². The largest absolute Gasteiger partial charge is 0.332 e. The standard InChI is InChI=1S/C17H15ClN4O2S/c18-14-11-19-22(12-14)15-6-4-13(5-7-15)16-3-1-8-21-9-2-10-25(23,24)20-17(16)21/h1,3-8,11-12H,2,9-10H2. The second kappa shape index (κ2) is 6.16. The van der Waals surface area contributed by atoms with Crippen LogP contribution in [0.2, 0.25) is 5.02 Å². The van der Waals surface area contributed by atoms with Gasteiger partial charge in [0.15, 0.2) is 5.84 Å². The first-order valence-electron chi connectivity index (χ1n) is 7.81. The summed E-state index contributed by atoms with van der Waals surface area (Å²) in [6, 6.07) is 7.67. The van der Waals surface area contributed by atoms with Crippen LogP contribution < -0.4 is 0 Å². The molecule has 0 saturated heterocycles. The van der Waals surface area contributed by atoms with Gasteiger partial charge in [-0.1, -0.05) is 23.7 Å². The van der Waals surface area contributed by atoms with Gasteiger partial charge in [0, 0.05) is 24.5 Å². The van der Waals surface area contributed by atoms with Gasteiger partial charge >= 0.3 is 0 Å². The van der Waals surface area contributed by atoms with Crippen molar-refractivity contribution in [2.75, 3.05) is 12.3 Å². The molecule has 128 valence electrons. The number of fused-ring (bicyclic) bond motifs is 1. The molecule has 0 N–H and O–H groups in total. The minimum absolute atomic E-state index is 0.0765. The van der Waals surface area contributed by atoms with E-state index in [1.807, 2.05) is 47.5 Å². The molecule has 8 heteroatoms. The maximum absolute atomic E-state index is 12.1. The zero-order valence-electron chi connectivity index (χ0n) is 13.2. The number of amidine groups is 1. The van der Waals surface area contributed by atoms with E-state index in [2.05, 4.69) is 9.50 Å². The maximum Gasteiger partial charge on any atom is 0.255 e. The fraction of sp³-hybridized carbons (Fsp3) is 0.176. The average molecular weight is 375 g/mol. The first-order chi connectivity index (χ1) is 12.0. The van der Waals surface area contributed by atoms with Crippen LogP contribution in [0.15, 0.2) is 59.4 Å². The number of benzene rings is 1. The second-order valence-corrected chi connectivity index (χ2v) is 8.01. The third-order valence-corrected chi connectivity index (χ3v) is 5.51. The van der Waals surface area contributed by atoms with Crippen molar-refractivity contribution in [2.24, 2.45) is 4.40 Å². The monoisotopic (exact) mass is 374 g/mol. The fourth-order valence-electron chi connectivity index (χ4n) is 2.88. The molecular formula is C17H15ClN4O2S. The van der Waals surface area contributed by atoms with E-state index >= 15 is 0 Å². The molecule has 25 heavy (non-hydrogen) atoms. The Balaban J connectivity index is 1.72. The van der Waals surface area contributed by atoms with Gasteiger partial charge in [0.05, 0.1) is 22.7 Å². The van der Waals surface area contributed by atoms with E-state index in [0.29, 0.717) is 23.8 Å². The minimum atomic E-state index is -3.44. The van der Waals surface area contributed by atoms with Gasteiger partial charge in [-0.05, 0) is 36.3 Å². The minimum Gasteiger partial charge on any atom is -0.332 e. The number of halogens is 1. The molecule has 0 fully saturated rings. The highest BCUT2D eigenvalue weighted by atomic mass is 35.5. The van der Waals surface area contributed by atoms with Gasteiger partial charge in [-0.25, -0.2) is 13.1 Å². The van der Waals surface area contributed by atoms with Crippen molar-refractivity contribution in [3.8, 4) is 5.69 Å². The molecule has 1 aromatic carbocycles. The summed E-state index contributed by atoms with van der Waals surface area (Å²) >= 11 is 5.90. The Morgan fingerprint density at radius 2 is 1.96 bits per heavy atom. The summed E-state index contributed by atoms with van der Waals surface area (Å²) in [6.07, 6.45) is 9.52. The second-order valence-electron chi connectivity index (χ2n) is 5.82. The fourth-order valence-corrected chi connectivity index (χ4v) is 4.07. The van der Waals surface area contributed by atoms with Crippen molar-refractivity contribution < 1.29 is 8.42 Å². The Bertz CT molecular complexity index is 1000. The van der Waals surface area contributed by atoms with E-state index in [-0.39, 0.29) is 5.75 Å². The van der Waals surface area contributed by atoms with Gasteiger partial charge in [-0.3, -0.25) is 0 Å². The number of hydrogen-bond acceptors (Lipinski definition) is 4. The first-order valence-corrected chi connectivity index (χ1v) is 9.80. The Morgan fingerprint density at radius 1 is 1.16 bits per heavy atom. The zero-order valence-corrected chi connectivity index (χ0v) is 14.8. The van der Waals surface area contributed by atoms with E-state index in [1.54, 1.807) is 17.1 Å². The Hall–Kier alpha value is -2.38. The van der Waals surface area contributed by atoms with E-state index in [0.717, 1.165) is 16.8 Å². The van der Waals surface area contributed by atoms with E-state index in [9.17, 15) is 8.42 Å². The predicted octanol–water partition coefficient (Wildman–Crippen LogP) is 2.87. The van der Waals surface area contributed by atoms with Gasteiger partial charge in [-0.15, -0.1) is 4.40 Å². The zero-order chi connectivity index (χ0) is 17.4. The maximum atomic E-state index is 12.1. The van der Waals surface area contributed by atoms with Crippen LogP contribution in [0, 0.1) is 0 Å². The van der Waals surface area contributed by atoms with Crippen LogP contribution in [0.3, 0.4) is 0 Å². The molecule has 4 rings (SSSR count). The topological polar surface area (TPSA) is 67.6 Å². The molecule has 0 saturated carbocycles. The number of aromatic nitrogens is 2. The number of sulfonamides is 1. The lowest BCUT2D eigenvalue weighted by atomic mass is 10.0. The van der Waals surface area contributed by atoms with Crippen molar-refractivity contribution in [3.05, 3.63) is 65.6 Å². The van der Waals surface area contributed by atoms with Gasteiger partial charge < -0.3 is 4.90 Å². The van der Waals surface area contributed by atoms with Gasteiger partial charge in [0.2, 0.25) is 0 Å². The summed E-state index contributed by atoms with van der Waals surface area (Å²) in [7, 11) is -3.44. The molecule has 0 aliphatic carbocycles. The van der Waals surface area contributed by atoms with Gasteiger partial charge in [0.1, 0.15) is 0 Å². The lowest BCUT2D eigenvalue weighted by molar-refractivity contribution is 0.554. The molecular weight excluding hydrogens is 360 g/mol. The number of allylic oxidation sites excluding steroid dienone is 2. The molecule has 0 atom stereocenters. The number of hydrogen-bond donors (Lipinski definition) is 0. The molecule has 2 aromatic rings. The predicted molar refractivity (Wildman–Crippen MR) is 98.2 cm³/mol. The third-order valence-electron chi connectivity index (χ3n) is 4.06. The summed E-state index contributed by atoms with van der Waals surface area (Å²) < 4.78 is 29.8. The highest BCUT2D eigenvalue weighted by molar-refractivity contribution is 7.90. The molecule has 0 radical (unpaired) electrons. The Kier molecular flexibility index (Phi) is 3.97. The lowest BCUT2D eigenvalue weighted by Crippen LogP contribution is -2.28. The Morgan fingerprint density at radius 3 is 2.68 bits per heavy atom. The summed E-state index contributed by atoms with van der Waals surface area (Å²) in [5, 5.41) is 4.74. The van der Waals surface area contributed by atoms with Crippen molar-refractivity contribution in [2.45, 2.75) is 6.42 Å². The SMILES string of the molecule is O=S1(=O)CCCN2C=CC=C(c3ccc(-n4cc(Cl)cn4)cc3)C2=N1. The van der Waals surface area contributed by atoms with Gasteiger partial charge in [0.25, 0.3) is 10.0 Å². The quantitative estimate of drug-likeness (QED) is 0.810. The summed E-state index contributed by atoms with van der Waals surface area (Å²) in [5.41, 5.74) is 2.56. The summed E-state index contributed by atoms with van der Waals surface area (Å²) in [4.78, 5) is 1.89. The van der Waals surface area contributed by atoms with Crippen LogP contribution >= 0.6 is 11.6 Å². The van der Waals surface area contributed by atoms with Crippen LogP contribution in [-0.4, -0.2) is 41.2 Å². The van der Waals surface area contributed by atoms with Crippen LogP contribution in [0.1, 0.15) is 12.0 Å². The molecule has 3 heterocycles. The van der Waals surface area contributed by atoms with Crippen LogP contribution in [0.25, 0.3) is 11.3 Å². The molecule has 2 aliphatic heterocycles. The van der Waals surface area contributed by atoms with E-state index < -0.39 is 10.0 Å². The van der Waals surface area contributed by atoms with Crippen LogP contribution in [0.5, 0.6) is 0 Å². The Labute approximate surface area is 150 Å².